The van der Waals surface area contributed by atoms with Crippen LogP contribution in [0.25, 0.3) is 6.08 Å². The molecule has 0 bridgehead atoms. The topological polar surface area (TPSA) is 86.2 Å². The van der Waals surface area contributed by atoms with Crippen LogP contribution in [0.2, 0.25) is 5.02 Å². The number of methoxy groups -OCH3 is 1. The summed E-state index contributed by atoms with van der Waals surface area (Å²) in [5.41, 5.74) is 1.33. The summed E-state index contributed by atoms with van der Waals surface area (Å²) in [6.07, 6.45) is 1.74. The summed E-state index contributed by atoms with van der Waals surface area (Å²) in [5.74, 6) is 0.412. The van der Waals surface area contributed by atoms with Crippen molar-refractivity contribution >= 4 is 52.2 Å². The van der Waals surface area contributed by atoms with Gasteiger partial charge in [0.25, 0.3) is 5.91 Å². The van der Waals surface area contributed by atoms with Gasteiger partial charge in [-0.25, -0.2) is 9.79 Å². The predicted octanol–water partition coefficient (Wildman–Crippen LogP) is 4.18. The predicted molar refractivity (Wildman–Crippen MR) is 117 cm³/mol. The lowest BCUT2D eigenvalue weighted by Crippen LogP contribution is -2.19. The maximum atomic E-state index is 12.3. The van der Waals surface area contributed by atoms with E-state index in [-0.39, 0.29) is 12.5 Å². The van der Waals surface area contributed by atoms with Gasteiger partial charge in [0, 0.05) is 5.02 Å². The van der Waals surface area contributed by atoms with Gasteiger partial charge in [-0.3, -0.25) is 4.79 Å². The zero-order valence-corrected chi connectivity index (χ0v) is 17.9. The number of aliphatic imine (C=N–C) groups is 1. The number of esters is 1. The van der Waals surface area contributed by atoms with E-state index < -0.39 is 5.97 Å². The van der Waals surface area contributed by atoms with E-state index in [1.54, 1.807) is 62.6 Å². The molecule has 0 aromatic heterocycles. The van der Waals surface area contributed by atoms with Crippen molar-refractivity contribution < 1.29 is 23.8 Å². The Labute approximate surface area is 183 Å². The summed E-state index contributed by atoms with van der Waals surface area (Å²) in [6.45, 7) is 1.89. The molecule has 0 atom stereocenters. The van der Waals surface area contributed by atoms with Crippen molar-refractivity contribution in [1.29, 1.82) is 0 Å². The van der Waals surface area contributed by atoms with Crippen LogP contribution in [0.5, 0.6) is 11.5 Å². The van der Waals surface area contributed by atoms with Crippen LogP contribution in [0, 0.1) is 0 Å². The van der Waals surface area contributed by atoms with Gasteiger partial charge in [0.1, 0.15) is 17.2 Å². The maximum absolute atomic E-state index is 12.3. The van der Waals surface area contributed by atoms with E-state index in [0.717, 1.165) is 5.56 Å². The Morgan fingerprint density at radius 3 is 2.70 bits per heavy atom. The molecule has 0 unspecified atom stereocenters. The molecule has 1 aliphatic heterocycles. The molecule has 7 nitrogen and oxygen atoms in total. The molecule has 0 radical (unpaired) electrons. The highest BCUT2D eigenvalue weighted by molar-refractivity contribution is 8.18. The maximum Gasteiger partial charge on any atom is 0.344 e. The Bertz CT molecular complexity index is 1000. The van der Waals surface area contributed by atoms with Crippen LogP contribution in [0.4, 0.5) is 5.69 Å². The van der Waals surface area contributed by atoms with Crippen LogP contribution in [0.15, 0.2) is 52.4 Å². The zero-order valence-electron chi connectivity index (χ0n) is 16.3. The van der Waals surface area contributed by atoms with Gasteiger partial charge in [-0.1, -0.05) is 23.7 Å². The van der Waals surface area contributed by atoms with Crippen LogP contribution in [0.1, 0.15) is 12.5 Å². The number of rotatable bonds is 7. The first kappa shape index (κ1) is 21.7. The highest BCUT2D eigenvalue weighted by Gasteiger charge is 2.24. The molecule has 0 saturated carbocycles. The average molecular weight is 447 g/mol. The van der Waals surface area contributed by atoms with Crippen LogP contribution in [0.3, 0.4) is 0 Å². The average Bonchev–Trinajstić information content (AvgIpc) is 3.06. The number of ether oxygens (including phenoxy) is 3. The highest BCUT2D eigenvalue weighted by atomic mass is 35.5. The Balaban J connectivity index is 1.69. The molecule has 1 fully saturated rings. The summed E-state index contributed by atoms with van der Waals surface area (Å²) in [4.78, 5) is 28.6. The van der Waals surface area contributed by atoms with Crippen LogP contribution < -0.4 is 14.8 Å². The quantitative estimate of drug-likeness (QED) is 0.507. The third-order valence-electron chi connectivity index (χ3n) is 3.85. The smallest absolute Gasteiger partial charge is 0.344 e. The van der Waals surface area contributed by atoms with Gasteiger partial charge >= 0.3 is 5.97 Å². The van der Waals surface area contributed by atoms with Crippen molar-refractivity contribution in [3.8, 4) is 11.5 Å². The van der Waals surface area contributed by atoms with Gasteiger partial charge in [-0.2, -0.15) is 0 Å². The van der Waals surface area contributed by atoms with Crippen molar-refractivity contribution in [1.82, 2.24) is 5.32 Å². The first-order valence-electron chi connectivity index (χ1n) is 9.00. The van der Waals surface area contributed by atoms with E-state index in [2.05, 4.69) is 10.3 Å². The standard InChI is InChI=1S/C21H19ClN2O5S/c1-3-28-19(25)12-29-15-7-4-13(5-8-15)10-18-20(26)24-21(30-18)23-16-11-14(22)6-9-17(16)27-2/h4-11H,3,12H2,1-2H3,(H,23,24,26)/b18-10-. The van der Waals surface area contributed by atoms with Crippen molar-refractivity contribution in [2.75, 3.05) is 20.3 Å². The largest absolute Gasteiger partial charge is 0.494 e. The van der Waals surface area contributed by atoms with Gasteiger partial charge in [0.15, 0.2) is 11.8 Å². The third-order valence-corrected chi connectivity index (χ3v) is 5.00. The fraction of sp³-hybridized carbons (Fsp3) is 0.190. The number of carbonyl (C=O) groups is 2. The van der Waals surface area contributed by atoms with Crippen LogP contribution >= 0.6 is 23.4 Å². The summed E-state index contributed by atoms with van der Waals surface area (Å²) in [6, 6.07) is 12.1. The fourth-order valence-electron chi connectivity index (χ4n) is 2.50. The monoisotopic (exact) mass is 446 g/mol. The molecule has 1 heterocycles. The van der Waals surface area contributed by atoms with Crippen molar-refractivity contribution in [3.05, 3.63) is 58.0 Å². The highest BCUT2D eigenvalue weighted by Crippen LogP contribution is 2.34. The lowest BCUT2D eigenvalue weighted by Gasteiger charge is -2.05. The molecule has 1 aliphatic rings. The SMILES string of the molecule is CCOC(=O)COc1ccc(/C=C2\SC(=Nc3cc(Cl)ccc3OC)NC2=O)cc1. The normalized spacial score (nSPS) is 15.9. The van der Waals surface area contributed by atoms with E-state index in [9.17, 15) is 9.59 Å². The van der Waals surface area contributed by atoms with Gasteiger partial charge in [-0.05, 0) is 60.7 Å². The summed E-state index contributed by atoms with van der Waals surface area (Å²) >= 11 is 7.24. The second-order valence-corrected chi connectivity index (χ2v) is 7.43. The molecule has 156 valence electrons. The van der Waals surface area contributed by atoms with Crippen LogP contribution in [-0.2, 0) is 14.3 Å². The van der Waals surface area contributed by atoms with E-state index in [1.807, 2.05) is 0 Å². The number of nitrogens with one attached hydrogen (secondary N) is 1. The summed E-state index contributed by atoms with van der Waals surface area (Å²) in [5, 5.41) is 3.68. The number of benzene rings is 2. The van der Waals surface area contributed by atoms with Gasteiger partial charge in [-0.15, -0.1) is 0 Å². The van der Waals surface area contributed by atoms with E-state index in [4.69, 9.17) is 25.8 Å². The number of hydrogen-bond donors (Lipinski definition) is 1. The minimum atomic E-state index is -0.425. The van der Waals surface area contributed by atoms with Gasteiger partial charge < -0.3 is 19.5 Å². The molecule has 1 N–H and O–H groups in total. The Kier molecular flexibility index (Phi) is 7.37. The van der Waals surface area contributed by atoms with Crippen molar-refractivity contribution in [2.24, 2.45) is 4.99 Å². The molecule has 0 spiro atoms. The Hall–Kier alpha value is -2.97. The lowest BCUT2D eigenvalue weighted by atomic mass is 10.2. The van der Waals surface area contributed by atoms with Crippen molar-refractivity contribution in [3.63, 3.8) is 0 Å². The molecular formula is C21H19ClN2O5S. The van der Waals surface area contributed by atoms with Crippen molar-refractivity contribution in [2.45, 2.75) is 6.92 Å². The second kappa shape index (κ2) is 10.2. The van der Waals surface area contributed by atoms with Crippen LogP contribution in [-0.4, -0.2) is 37.4 Å². The van der Waals surface area contributed by atoms with E-state index in [0.29, 0.717) is 38.9 Å². The molecule has 1 saturated heterocycles. The molecule has 1 amide bonds. The molecular weight excluding hydrogens is 428 g/mol. The molecule has 0 aliphatic carbocycles. The lowest BCUT2D eigenvalue weighted by molar-refractivity contribution is -0.145. The molecule has 2 aromatic carbocycles. The van der Waals surface area contributed by atoms with E-state index in [1.165, 1.54) is 11.8 Å². The molecule has 3 rings (SSSR count). The number of thioether (sulfide) groups is 1. The summed E-state index contributed by atoms with van der Waals surface area (Å²) < 4.78 is 15.5. The minimum absolute atomic E-state index is 0.153. The zero-order chi connectivity index (χ0) is 21.5. The molecule has 30 heavy (non-hydrogen) atoms. The summed E-state index contributed by atoms with van der Waals surface area (Å²) in [7, 11) is 1.54. The number of halogens is 1. The van der Waals surface area contributed by atoms with Gasteiger partial charge in [0.2, 0.25) is 0 Å². The number of amides is 1. The second-order valence-electron chi connectivity index (χ2n) is 5.96. The first-order chi connectivity index (χ1) is 14.5. The van der Waals surface area contributed by atoms with E-state index >= 15 is 0 Å². The first-order valence-corrected chi connectivity index (χ1v) is 10.2. The number of nitrogens with zero attached hydrogens (tertiary/aromatic N) is 1. The number of carbonyl (C=O) groups excluding carboxylic acids is 2. The third kappa shape index (κ3) is 5.77. The Morgan fingerprint density at radius 1 is 1.23 bits per heavy atom. The number of hydrogen-bond acceptors (Lipinski definition) is 7. The Morgan fingerprint density at radius 2 is 2.00 bits per heavy atom. The minimum Gasteiger partial charge on any atom is -0.494 e. The van der Waals surface area contributed by atoms with Gasteiger partial charge in [0.05, 0.1) is 18.6 Å². The molecule has 2 aromatic rings. The number of amidine groups is 1. The fourth-order valence-corrected chi connectivity index (χ4v) is 3.50. The molecule has 9 heteroatoms.